The Morgan fingerprint density at radius 3 is 0.808 bits per heavy atom. The van der Waals surface area contributed by atoms with Crippen LogP contribution < -0.4 is 0 Å². The molecule has 0 spiro atoms. The van der Waals surface area contributed by atoms with Gasteiger partial charge in [0.2, 0.25) is 0 Å². The van der Waals surface area contributed by atoms with E-state index in [0.717, 1.165) is 30.7 Å². The average molecular weight is 421 g/mol. The molecule has 0 saturated carbocycles. The highest BCUT2D eigenvalue weighted by atomic mass is 32.1. The minimum atomic E-state index is 0.195. The van der Waals surface area contributed by atoms with Crippen LogP contribution >= 0.6 is 45.3 Å². The molecule has 132 valence electrons. The molecule has 0 aliphatic rings. The van der Waals surface area contributed by atoms with Crippen LogP contribution in [0.25, 0.3) is 11.1 Å². The molecule has 8 heteroatoms. The summed E-state index contributed by atoms with van der Waals surface area (Å²) in [5.74, 6) is 0. The summed E-state index contributed by atoms with van der Waals surface area (Å²) in [7, 11) is 0. The van der Waals surface area contributed by atoms with Gasteiger partial charge in [-0.25, -0.2) is 0 Å². The summed E-state index contributed by atoms with van der Waals surface area (Å²) in [5.41, 5.74) is 1.67. The lowest BCUT2D eigenvalue weighted by Crippen LogP contribution is -1.90. The van der Waals surface area contributed by atoms with Crippen molar-refractivity contribution in [2.45, 2.75) is 0 Å². The summed E-state index contributed by atoms with van der Waals surface area (Å²) < 4.78 is 0. The predicted molar refractivity (Wildman–Crippen MR) is 109 cm³/mol. The molecule has 4 N–H and O–H groups in total. The van der Waals surface area contributed by atoms with E-state index in [9.17, 15) is 20.4 Å². The van der Waals surface area contributed by atoms with Crippen LogP contribution in [0.1, 0.15) is 19.5 Å². The highest BCUT2D eigenvalue weighted by Gasteiger charge is 2.22. The van der Waals surface area contributed by atoms with Crippen molar-refractivity contribution in [1.29, 1.82) is 0 Å². The van der Waals surface area contributed by atoms with E-state index in [1.54, 1.807) is 24.3 Å². The van der Waals surface area contributed by atoms with E-state index in [2.05, 4.69) is 0 Å². The van der Waals surface area contributed by atoms with Gasteiger partial charge < -0.3 is 20.4 Å². The molecule has 0 radical (unpaired) electrons. The van der Waals surface area contributed by atoms with E-state index in [-0.39, 0.29) is 20.3 Å². The van der Waals surface area contributed by atoms with Crippen LogP contribution in [0.4, 0.5) is 0 Å². The molecule has 0 bridgehead atoms. The van der Waals surface area contributed by atoms with Gasteiger partial charge in [0.15, 0.2) is 20.3 Å². The van der Waals surface area contributed by atoms with Gasteiger partial charge in [-0.2, -0.15) is 0 Å². The Hall–Kier alpha value is -2.26. The highest BCUT2D eigenvalue weighted by Crippen LogP contribution is 2.47. The fourth-order valence-corrected chi connectivity index (χ4v) is 5.96. The largest absolute Gasteiger partial charge is 0.499 e. The fraction of sp³-hybridized carbons (Fsp3) is 0. The molecule has 0 aliphatic heterocycles. The van der Waals surface area contributed by atoms with Crippen molar-refractivity contribution in [3.05, 3.63) is 68.0 Å². The summed E-state index contributed by atoms with van der Waals surface area (Å²) in [5, 5.41) is 40.2. The molecule has 0 aromatic carbocycles. The average Bonchev–Trinajstić information content (AvgIpc) is 3.36. The summed E-state index contributed by atoms with van der Waals surface area (Å²) in [6.45, 7) is 0. The van der Waals surface area contributed by atoms with Gasteiger partial charge in [0.1, 0.15) is 0 Å². The van der Waals surface area contributed by atoms with Gasteiger partial charge in [0.05, 0.1) is 0 Å². The minimum Gasteiger partial charge on any atom is -0.499 e. The molecule has 4 nitrogen and oxygen atoms in total. The van der Waals surface area contributed by atoms with E-state index in [1.165, 1.54) is 45.3 Å². The Morgan fingerprint density at radius 2 is 0.654 bits per heavy atom. The maximum atomic E-state index is 9.86. The normalized spacial score (nSPS) is 10.9. The second kappa shape index (κ2) is 6.81. The Morgan fingerprint density at radius 1 is 0.423 bits per heavy atom. The van der Waals surface area contributed by atoms with E-state index in [1.807, 2.05) is 24.3 Å². The van der Waals surface area contributed by atoms with Crippen LogP contribution in [-0.4, -0.2) is 20.4 Å². The molecule has 0 saturated heterocycles. The Kier molecular flexibility index (Phi) is 4.49. The third kappa shape index (κ3) is 3.24. The van der Waals surface area contributed by atoms with Crippen LogP contribution in [0.15, 0.2) is 48.5 Å². The van der Waals surface area contributed by atoms with Crippen molar-refractivity contribution < 1.29 is 20.4 Å². The first-order valence-corrected chi connectivity index (χ1v) is 10.7. The smallest absolute Gasteiger partial charge is 0.171 e. The lowest BCUT2D eigenvalue weighted by Gasteiger charge is -2.11. The molecule has 26 heavy (non-hydrogen) atoms. The number of rotatable bonds is 4. The van der Waals surface area contributed by atoms with E-state index < -0.39 is 0 Å². The summed E-state index contributed by atoms with van der Waals surface area (Å²) >= 11 is 4.95. The van der Waals surface area contributed by atoms with Crippen LogP contribution in [0.5, 0.6) is 20.3 Å². The van der Waals surface area contributed by atoms with Crippen molar-refractivity contribution in [1.82, 2.24) is 0 Å². The lowest BCUT2D eigenvalue weighted by molar-refractivity contribution is 0.490. The predicted octanol–water partition coefficient (Wildman–Crippen LogP) is 5.76. The first-order chi connectivity index (χ1) is 12.5. The summed E-state index contributed by atoms with van der Waals surface area (Å²) in [6.07, 6.45) is 0. The summed E-state index contributed by atoms with van der Waals surface area (Å²) in [6, 6.07) is 13.8. The monoisotopic (exact) mass is 420 g/mol. The van der Waals surface area contributed by atoms with Crippen molar-refractivity contribution >= 4 is 56.5 Å². The molecular weight excluding hydrogens is 408 g/mol. The van der Waals surface area contributed by atoms with Crippen LogP contribution in [-0.2, 0) is 0 Å². The van der Waals surface area contributed by atoms with Gasteiger partial charge in [-0.05, 0) is 48.5 Å². The SMILES string of the molecule is Oc1ccc(C(=C(c2ccc(O)s2)c2ccc(O)s2)c2ccc(O)s2)s1. The molecule has 4 rings (SSSR count). The van der Waals surface area contributed by atoms with Crippen LogP contribution in [0, 0.1) is 0 Å². The van der Waals surface area contributed by atoms with Crippen molar-refractivity contribution in [3.63, 3.8) is 0 Å². The third-order valence-corrected chi connectivity index (χ3v) is 7.22. The molecule has 4 aromatic heterocycles. The van der Waals surface area contributed by atoms with Crippen LogP contribution in [0.3, 0.4) is 0 Å². The lowest BCUT2D eigenvalue weighted by atomic mass is 10.0. The Labute approximate surface area is 164 Å². The number of hydrogen-bond acceptors (Lipinski definition) is 8. The topological polar surface area (TPSA) is 80.9 Å². The van der Waals surface area contributed by atoms with Gasteiger partial charge >= 0.3 is 0 Å². The zero-order chi connectivity index (χ0) is 18.3. The third-order valence-electron chi connectivity index (χ3n) is 3.60. The van der Waals surface area contributed by atoms with E-state index >= 15 is 0 Å². The van der Waals surface area contributed by atoms with Gasteiger partial charge in [-0.15, -0.1) is 0 Å². The Bertz CT molecular complexity index is 925. The molecule has 0 aliphatic carbocycles. The van der Waals surface area contributed by atoms with E-state index in [0.29, 0.717) is 0 Å². The number of thiophene rings is 4. The standard InChI is InChI=1S/C18H12O4S4/c19-13-5-1-9(23-13)17(10-2-6-14(20)24-10)18(11-3-7-15(21)25-11)12-4-8-16(22)26-12/h1-8,19-22H. The Balaban J connectivity index is 2.07. The zero-order valence-electron chi connectivity index (χ0n) is 13.0. The number of aromatic hydroxyl groups is 4. The van der Waals surface area contributed by atoms with Gasteiger partial charge in [-0.1, -0.05) is 45.3 Å². The molecule has 0 atom stereocenters. The first kappa shape index (κ1) is 17.2. The van der Waals surface area contributed by atoms with E-state index in [4.69, 9.17) is 0 Å². The van der Waals surface area contributed by atoms with Crippen molar-refractivity contribution in [3.8, 4) is 20.3 Å². The van der Waals surface area contributed by atoms with Crippen LogP contribution in [0.2, 0.25) is 0 Å². The first-order valence-electron chi connectivity index (χ1n) is 7.42. The van der Waals surface area contributed by atoms with Gasteiger partial charge in [0, 0.05) is 30.7 Å². The second-order valence-electron chi connectivity index (χ2n) is 5.30. The molecule has 4 aromatic rings. The molecular formula is C18H12O4S4. The fourth-order valence-electron chi connectivity index (χ4n) is 2.58. The van der Waals surface area contributed by atoms with Crippen molar-refractivity contribution in [2.24, 2.45) is 0 Å². The molecule has 0 amide bonds. The van der Waals surface area contributed by atoms with Gasteiger partial charge in [0.25, 0.3) is 0 Å². The zero-order valence-corrected chi connectivity index (χ0v) is 16.3. The molecule has 0 fully saturated rings. The molecule has 0 unspecified atom stereocenters. The van der Waals surface area contributed by atoms with Crippen molar-refractivity contribution in [2.75, 3.05) is 0 Å². The maximum Gasteiger partial charge on any atom is 0.171 e. The number of hydrogen-bond donors (Lipinski definition) is 4. The quantitative estimate of drug-likeness (QED) is 0.338. The summed E-state index contributed by atoms with van der Waals surface area (Å²) in [4.78, 5) is 3.33. The molecule has 4 heterocycles. The van der Waals surface area contributed by atoms with Gasteiger partial charge in [-0.3, -0.25) is 0 Å². The minimum absolute atomic E-state index is 0.195. The highest BCUT2D eigenvalue weighted by molar-refractivity contribution is 7.19. The second-order valence-corrected chi connectivity index (χ2v) is 9.55. The maximum absolute atomic E-state index is 9.86.